The molecule has 7 heteroatoms. The van der Waals surface area contributed by atoms with Gasteiger partial charge in [-0.1, -0.05) is 28.9 Å². The molecule has 0 bridgehead atoms. The SMILES string of the molecule is CCS(=O)(=O)CCNCC(O)COc1cccc(Br)c1. The van der Waals surface area contributed by atoms with Gasteiger partial charge in [-0.15, -0.1) is 0 Å². The summed E-state index contributed by atoms with van der Waals surface area (Å²) in [7, 11) is -2.96. The Balaban J connectivity index is 2.19. The van der Waals surface area contributed by atoms with E-state index in [1.54, 1.807) is 13.0 Å². The number of nitrogens with one attached hydrogen (secondary N) is 1. The summed E-state index contributed by atoms with van der Waals surface area (Å²) in [6, 6.07) is 7.35. The monoisotopic (exact) mass is 365 g/mol. The molecule has 0 aromatic heterocycles. The number of hydrogen-bond donors (Lipinski definition) is 2. The van der Waals surface area contributed by atoms with Crippen molar-refractivity contribution < 1.29 is 18.3 Å². The van der Waals surface area contributed by atoms with E-state index in [-0.39, 0.29) is 18.1 Å². The van der Waals surface area contributed by atoms with Gasteiger partial charge in [0.1, 0.15) is 18.5 Å². The van der Waals surface area contributed by atoms with E-state index < -0.39 is 15.9 Å². The van der Waals surface area contributed by atoms with Crippen molar-refractivity contribution in [3.63, 3.8) is 0 Å². The molecule has 1 rings (SSSR count). The summed E-state index contributed by atoms with van der Waals surface area (Å²) >= 11 is 3.33. The van der Waals surface area contributed by atoms with E-state index in [0.29, 0.717) is 18.8 Å². The van der Waals surface area contributed by atoms with Crippen LogP contribution in [0.1, 0.15) is 6.92 Å². The first-order valence-corrected chi connectivity index (χ1v) is 9.02. The van der Waals surface area contributed by atoms with Crippen LogP contribution >= 0.6 is 15.9 Å². The van der Waals surface area contributed by atoms with Gasteiger partial charge in [-0.05, 0) is 18.2 Å². The number of aliphatic hydroxyl groups excluding tert-OH is 1. The summed E-state index contributed by atoms with van der Waals surface area (Å²) in [5.74, 6) is 0.901. The van der Waals surface area contributed by atoms with Gasteiger partial charge in [-0.3, -0.25) is 0 Å². The van der Waals surface area contributed by atoms with Gasteiger partial charge in [0.25, 0.3) is 0 Å². The van der Waals surface area contributed by atoms with E-state index in [1.807, 2.05) is 18.2 Å². The van der Waals surface area contributed by atoms with Crippen LogP contribution in [-0.4, -0.2) is 50.8 Å². The van der Waals surface area contributed by atoms with E-state index in [0.717, 1.165) is 4.47 Å². The Morgan fingerprint density at radius 1 is 1.45 bits per heavy atom. The van der Waals surface area contributed by atoms with Crippen LogP contribution in [0.2, 0.25) is 0 Å². The summed E-state index contributed by atoms with van der Waals surface area (Å²) in [5.41, 5.74) is 0. The Labute approximate surface area is 128 Å². The Hall–Kier alpha value is -0.630. The number of aliphatic hydroxyl groups is 1. The molecule has 2 N–H and O–H groups in total. The molecule has 0 aliphatic carbocycles. The molecule has 1 unspecified atom stereocenters. The lowest BCUT2D eigenvalue weighted by atomic mass is 10.3. The van der Waals surface area contributed by atoms with Crippen LogP contribution in [0.4, 0.5) is 0 Å². The first kappa shape index (κ1) is 17.4. The maximum atomic E-state index is 11.3. The van der Waals surface area contributed by atoms with E-state index in [1.165, 1.54) is 0 Å². The van der Waals surface area contributed by atoms with Crippen molar-refractivity contribution in [2.24, 2.45) is 0 Å². The molecule has 0 aliphatic heterocycles. The predicted molar refractivity (Wildman–Crippen MR) is 82.8 cm³/mol. The zero-order valence-corrected chi connectivity index (χ0v) is 13.8. The second kappa shape index (κ2) is 8.61. The van der Waals surface area contributed by atoms with E-state index in [2.05, 4.69) is 21.2 Å². The Kier molecular flexibility index (Phi) is 7.50. The summed E-state index contributed by atoms with van der Waals surface area (Å²) < 4.78 is 28.8. The highest BCUT2D eigenvalue weighted by molar-refractivity contribution is 9.10. The van der Waals surface area contributed by atoms with Crippen molar-refractivity contribution in [1.82, 2.24) is 5.32 Å². The minimum atomic E-state index is -2.96. The van der Waals surface area contributed by atoms with Crippen molar-refractivity contribution in [1.29, 1.82) is 0 Å². The van der Waals surface area contributed by atoms with Crippen LogP contribution in [0, 0.1) is 0 Å². The highest BCUT2D eigenvalue weighted by atomic mass is 79.9. The number of benzene rings is 1. The van der Waals surface area contributed by atoms with Crippen molar-refractivity contribution in [2.45, 2.75) is 13.0 Å². The predicted octanol–water partition coefficient (Wildman–Crippen LogP) is 1.21. The van der Waals surface area contributed by atoms with Gasteiger partial charge in [0.05, 0.1) is 5.75 Å². The number of halogens is 1. The van der Waals surface area contributed by atoms with Crippen molar-refractivity contribution in [3.8, 4) is 5.75 Å². The number of sulfone groups is 1. The van der Waals surface area contributed by atoms with Crippen LogP contribution in [0.15, 0.2) is 28.7 Å². The second-order valence-electron chi connectivity index (χ2n) is 4.36. The fourth-order valence-corrected chi connectivity index (χ4v) is 2.57. The molecule has 1 aromatic carbocycles. The first-order valence-electron chi connectivity index (χ1n) is 6.40. The number of rotatable bonds is 9. The Morgan fingerprint density at radius 3 is 2.85 bits per heavy atom. The zero-order valence-electron chi connectivity index (χ0n) is 11.4. The molecular weight excluding hydrogens is 346 g/mol. The largest absolute Gasteiger partial charge is 0.491 e. The molecule has 0 saturated heterocycles. The van der Waals surface area contributed by atoms with Crippen molar-refractivity contribution >= 4 is 25.8 Å². The van der Waals surface area contributed by atoms with E-state index in [9.17, 15) is 13.5 Å². The zero-order chi connectivity index (χ0) is 15.0. The Morgan fingerprint density at radius 2 is 2.20 bits per heavy atom. The lowest BCUT2D eigenvalue weighted by Crippen LogP contribution is -2.34. The summed E-state index contributed by atoms with van der Waals surface area (Å²) in [6.45, 7) is 2.41. The minimum Gasteiger partial charge on any atom is -0.491 e. The molecular formula is C13H20BrNO4S. The topological polar surface area (TPSA) is 75.6 Å². The highest BCUT2D eigenvalue weighted by Crippen LogP contribution is 2.17. The smallest absolute Gasteiger partial charge is 0.151 e. The van der Waals surface area contributed by atoms with Gasteiger partial charge in [0, 0.05) is 23.3 Å². The third-order valence-corrected chi connectivity index (χ3v) is 4.85. The second-order valence-corrected chi connectivity index (χ2v) is 7.75. The summed E-state index contributed by atoms with van der Waals surface area (Å²) in [6.07, 6.45) is -0.682. The molecule has 0 aliphatic rings. The minimum absolute atomic E-state index is 0.0860. The van der Waals surface area contributed by atoms with E-state index >= 15 is 0 Å². The van der Waals surface area contributed by atoms with Gasteiger partial charge in [-0.2, -0.15) is 0 Å². The molecule has 20 heavy (non-hydrogen) atoms. The molecule has 1 atom stereocenters. The standard InChI is InChI=1S/C13H20BrNO4S/c1-2-20(17,18)7-6-15-9-12(16)10-19-13-5-3-4-11(14)8-13/h3-5,8,12,15-16H,2,6-7,9-10H2,1H3. The van der Waals surface area contributed by atoms with Gasteiger partial charge in [0.2, 0.25) is 0 Å². The van der Waals surface area contributed by atoms with Crippen LogP contribution in [0.5, 0.6) is 5.75 Å². The summed E-state index contributed by atoms with van der Waals surface area (Å²) in [4.78, 5) is 0. The average molecular weight is 366 g/mol. The molecule has 0 amide bonds. The van der Waals surface area contributed by atoms with Gasteiger partial charge < -0.3 is 15.2 Å². The third kappa shape index (κ3) is 7.23. The average Bonchev–Trinajstić information content (AvgIpc) is 2.41. The molecule has 0 heterocycles. The lowest BCUT2D eigenvalue weighted by Gasteiger charge is -2.13. The van der Waals surface area contributed by atoms with Crippen LogP contribution < -0.4 is 10.1 Å². The normalized spacial score (nSPS) is 13.2. The first-order chi connectivity index (χ1) is 9.43. The quantitative estimate of drug-likeness (QED) is 0.643. The number of ether oxygens (including phenoxy) is 1. The van der Waals surface area contributed by atoms with Gasteiger partial charge in [0.15, 0.2) is 9.84 Å². The van der Waals surface area contributed by atoms with Gasteiger partial charge >= 0.3 is 0 Å². The molecule has 0 saturated carbocycles. The molecule has 0 radical (unpaired) electrons. The van der Waals surface area contributed by atoms with Crippen molar-refractivity contribution in [3.05, 3.63) is 28.7 Å². The Bertz CT molecular complexity index is 507. The summed E-state index contributed by atoms with van der Waals surface area (Å²) in [5, 5.41) is 12.6. The third-order valence-electron chi connectivity index (χ3n) is 2.65. The van der Waals surface area contributed by atoms with Crippen LogP contribution in [0.3, 0.4) is 0 Å². The van der Waals surface area contributed by atoms with Crippen LogP contribution in [0.25, 0.3) is 0 Å². The molecule has 1 aromatic rings. The molecule has 0 spiro atoms. The number of hydrogen-bond acceptors (Lipinski definition) is 5. The maximum Gasteiger partial charge on any atom is 0.151 e. The van der Waals surface area contributed by atoms with Crippen molar-refractivity contribution in [2.75, 3.05) is 31.2 Å². The fourth-order valence-electron chi connectivity index (χ4n) is 1.45. The maximum absolute atomic E-state index is 11.3. The lowest BCUT2D eigenvalue weighted by molar-refractivity contribution is 0.107. The fraction of sp³-hybridized carbons (Fsp3) is 0.538. The highest BCUT2D eigenvalue weighted by Gasteiger charge is 2.08. The molecule has 5 nitrogen and oxygen atoms in total. The van der Waals surface area contributed by atoms with Crippen LogP contribution in [-0.2, 0) is 9.84 Å². The molecule has 114 valence electrons. The molecule has 0 fully saturated rings. The van der Waals surface area contributed by atoms with Gasteiger partial charge in [-0.25, -0.2) is 8.42 Å². The van der Waals surface area contributed by atoms with E-state index in [4.69, 9.17) is 4.74 Å².